The van der Waals surface area contributed by atoms with Crippen LogP contribution in [0.1, 0.15) is 28.9 Å². The van der Waals surface area contributed by atoms with E-state index in [1.165, 1.54) is 6.07 Å². The third-order valence-corrected chi connectivity index (χ3v) is 2.63. The summed E-state index contributed by atoms with van der Waals surface area (Å²) in [5.74, 6) is -0.0708. The molecule has 2 rings (SSSR count). The molecule has 2 aromatic rings. The SMILES string of the molecule is CCc1nnc(CO)n1-c1ccccc1C(=O)O. The van der Waals surface area contributed by atoms with Crippen molar-refractivity contribution < 1.29 is 15.0 Å². The molecule has 0 atom stereocenters. The number of rotatable bonds is 4. The van der Waals surface area contributed by atoms with E-state index in [-0.39, 0.29) is 12.2 Å². The van der Waals surface area contributed by atoms with Gasteiger partial charge in [0.05, 0.1) is 11.3 Å². The summed E-state index contributed by atoms with van der Waals surface area (Å²) in [5, 5.41) is 26.2. The van der Waals surface area contributed by atoms with Crippen LogP contribution in [0.4, 0.5) is 0 Å². The Balaban J connectivity index is 2.68. The van der Waals surface area contributed by atoms with Crippen LogP contribution in [0.2, 0.25) is 0 Å². The zero-order chi connectivity index (χ0) is 13.1. The number of aromatic nitrogens is 3. The Kier molecular flexibility index (Phi) is 3.38. The minimum absolute atomic E-state index is 0.154. The van der Waals surface area contributed by atoms with Crippen molar-refractivity contribution in [2.75, 3.05) is 0 Å². The molecule has 0 fully saturated rings. The zero-order valence-corrected chi connectivity index (χ0v) is 9.87. The summed E-state index contributed by atoms with van der Waals surface area (Å²) < 4.78 is 1.59. The second-order valence-electron chi connectivity index (χ2n) is 3.70. The minimum Gasteiger partial charge on any atom is -0.478 e. The van der Waals surface area contributed by atoms with Crippen LogP contribution >= 0.6 is 0 Å². The van der Waals surface area contributed by atoms with Gasteiger partial charge in [-0.2, -0.15) is 0 Å². The molecule has 0 spiro atoms. The number of aromatic carboxylic acids is 1. The van der Waals surface area contributed by atoms with E-state index in [0.29, 0.717) is 23.8 Å². The van der Waals surface area contributed by atoms with Crippen molar-refractivity contribution in [3.63, 3.8) is 0 Å². The Hall–Kier alpha value is -2.21. The summed E-state index contributed by atoms with van der Waals surface area (Å²) >= 11 is 0. The topological polar surface area (TPSA) is 88.2 Å². The van der Waals surface area contributed by atoms with Crippen LogP contribution in [-0.4, -0.2) is 30.9 Å². The van der Waals surface area contributed by atoms with E-state index < -0.39 is 5.97 Å². The predicted octanol–water partition coefficient (Wildman–Crippen LogP) is 1.02. The number of hydrogen-bond donors (Lipinski definition) is 2. The van der Waals surface area contributed by atoms with E-state index in [2.05, 4.69) is 10.2 Å². The zero-order valence-electron chi connectivity index (χ0n) is 9.87. The average molecular weight is 247 g/mol. The van der Waals surface area contributed by atoms with Crippen LogP contribution in [0.3, 0.4) is 0 Å². The van der Waals surface area contributed by atoms with Gasteiger partial charge in [-0.05, 0) is 12.1 Å². The summed E-state index contributed by atoms with van der Waals surface area (Å²) in [5.41, 5.74) is 0.623. The number of aryl methyl sites for hydroxylation is 1. The number of nitrogens with zero attached hydrogens (tertiary/aromatic N) is 3. The predicted molar refractivity (Wildman–Crippen MR) is 63.6 cm³/mol. The van der Waals surface area contributed by atoms with Crippen molar-refractivity contribution in [2.24, 2.45) is 0 Å². The van der Waals surface area contributed by atoms with E-state index >= 15 is 0 Å². The highest BCUT2D eigenvalue weighted by atomic mass is 16.4. The number of carbonyl (C=O) groups is 1. The van der Waals surface area contributed by atoms with Gasteiger partial charge in [0.15, 0.2) is 5.82 Å². The number of benzene rings is 1. The van der Waals surface area contributed by atoms with Crippen LogP contribution in [-0.2, 0) is 13.0 Å². The lowest BCUT2D eigenvalue weighted by molar-refractivity contribution is 0.0697. The number of para-hydroxylation sites is 1. The van der Waals surface area contributed by atoms with Crippen LogP contribution in [0.15, 0.2) is 24.3 Å². The van der Waals surface area contributed by atoms with Gasteiger partial charge in [-0.25, -0.2) is 4.79 Å². The molecule has 0 aliphatic carbocycles. The van der Waals surface area contributed by atoms with Crippen LogP contribution in [0.25, 0.3) is 5.69 Å². The Morgan fingerprint density at radius 1 is 1.28 bits per heavy atom. The first-order valence-corrected chi connectivity index (χ1v) is 5.55. The highest BCUT2D eigenvalue weighted by molar-refractivity contribution is 5.92. The molecule has 1 aromatic carbocycles. The van der Waals surface area contributed by atoms with Gasteiger partial charge >= 0.3 is 5.97 Å². The molecule has 6 heteroatoms. The Labute approximate surface area is 104 Å². The lowest BCUT2D eigenvalue weighted by Gasteiger charge is -2.11. The molecule has 1 heterocycles. The van der Waals surface area contributed by atoms with Gasteiger partial charge in [0, 0.05) is 6.42 Å². The van der Waals surface area contributed by atoms with E-state index in [1.807, 2.05) is 6.92 Å². The maximum atomic E-state index is 11.2. The number of aliphatic hydroxyl groups is 1. The minimum atomic E-state index is -1.02. The second kappa shape index (κ2) is 4.97. The maximum absolute atomic E-state index is 11.2. The molecular weight excluding hydrogens is 234 g/mol. The van der Waals surface area contributed by atoms with Crippen molar-refractivity contribution in [2.45, 2.75) is 20.0 Å². The second-order valence-corrected chi connectivity index (χ2v) is 3.70. The van der Waals surface area contributed by atoms with Crippen molar-refractivity contribution in [3.05, 3.63) is 41.5 Å². The quantitative estimate of drug-likeness (QED) is 0.842. The number of carboxylic acid groups (broad SMARTS) is 1. The molecule has 18 heavy (non-hydrogen) atoms. The summed E-state index contributed by atoms with van der Waals surface area (Å²) in [6, 6.07) is 6.58. The summed E-state index contributed by atoms with van der Waals surface area (Å²) in [7, 11) is 0. The molecule has 2 N–H and O–H groups in total. The fraction of sp³-hybridized carbons (Fsp3) is 0.250. The fourth-order valence-electron chi connectivity index (χ4n) is 1.81. The largest absolute Gasteiger partial charge is 0.478 e. The molecule has 6 nitrogen and oxygen atoms in total. The van der Waals surface area contributed by atoms with Gasteiger partial charge in [-0.15, -0.1) is 10.2 Å². The number of carboxylic acids is 1. The molecule has 0 saturated carbocycles. The molecule has 0 amide bonds. The first kappa shape index (κ1) is 12.3. The Morgan fingerprint density at radius 3 is 2.56 bits per heavy atom. The lowest BCUT2D eigenvalue weighted by atomic mass is 10.1. The average Bonchev–Trinajstić information content (AvgIpc) is 2.81. The van der Waals surface area contributed by atoms with E-state index in [4.69, 9.17) is 0 Å². The van der Waals surface area contributed by atoms with Gasteiger partial charge in [-0.1, -0.05) is 19.1 Å². The summed E-state index contributed by atoms with van der Waals surface area (Å²) in [4.78, 5) is 11.2. The number of hydrogen-bond acceptors (Lipinski definition) is 4. The van der Waals surface area contributed by atoms with Crippen molar-refractivity contribution >= 4 is 5.97 Å². The smallest absolute Gasteiger partial charge is 0.337 e. The molecule has 94 valence electrons. The van der Waals surface area contributed by atoms with Crippen molar-refractivity contribution in [1.82, 2.24) is 14.8 Å². The van der Waals surface area contributed by atoms with E-state index in [9.17, 15) is 15.0 Å². The monoisotopic (exact) mass is 247 g/mol. The lowest BCUT2D eigenvalue weighted by Crippen LogP contribution is -2.10. The third-order valence-electron chi connectivity index (χ3n) is 2.63. The molecular formula is C12H13N3O3. The standard InChI is InChI=1S/C12H13N3O3/c1-2-10-13-14-11(7-16)15(10)9-6-4-3-5-8(9)12(17)18/h3-6,16H,2,7H2,1H3,(H,17,18). The molecule has 0 aliphatic heterocycles. The molecule has 0 aliphatic rings. The normalized spacial score (nSPS) is 10.6. The van der Waals surface area contributed by atoms with Gasteiger partial charge in [0.25, 0.3) is 0 Å². The van der Waals surface area contributed by atoms with Crippen molar-refractivity contribution in [1.29, 1.82) is 0 Å². The van der Waals surface area contributed by atoms with Crippen LogP contribution < -0.4 is 0 Å². The molecule has 0 unspecified atom stereocenters. The first-order chi connectivity index (χ1) is 8.69. The van der Waals surface area contributed by atoms with Gasteiger partial charge in [0.2, 0.25) is 0 Å². The van der Waals surface area contributed by atoms with Crippen LogP contribution in [0.5, 0.6) is 0 Å². The third kappa shape index (κ3) is 1.98. The molecule has 0 radical (unpaired) electrons. The Bertz CT molecular complexity index is 556. The van der Waals surface area contributed by atoms with Gasteiger partial charge in [-0.3, -0.25) is 4.57 Å². The Morgan fingerprint density at radius 2 is 1.94 bits per heavy atom. The van der Waals surface area contributed by atoms with Crippen molar-refractivity contribution in [3.8, 4) is 5.69 Å². The highest BCUT2D eigenvalue weighted by Crippen LogP contribution is 2.18. The van der Waals surface area contributed by atoms with Gasteiger partial charge in [0.1, 0.15) is 12.4 Å². The fourth-order valence-corrected chi connectivity index (χ4v) is 1.81. The van der Waals surface area contributed by atoms with E-state index in [1.54, 1.807) is 22.8 Å². The first-order valence-electron chi connectivity index (χ1n) is 5.55. The number of aliphatic hydroxyl groups excluding tert-OH is 1. The van der Waals surface area contributed by atoms with Crippen LogP contribution in [0, 0.1) is 0 Å². The molecule has 1 aromatic heterocycles. The van der Waals surface area contributed by atoms with E-state index in [0.717, 1.165) is 0 Å². The highest BCUT2D eigenvalue weighted by Gasteiger charge is 2.17. The maximum Gasteiger partial charge on any atom is 0.337 e. The summed E-state index contributed by atoms with van der Waals surface area (Å²) in [6.45, 7) is 1.60. The molecule has 0 bridgehead atoms. The van der Waals surface area contributed by atoms with Gasteiger partial charge < -0.3 is 10.2 Å². The molecule has 0 saturated heterocycles. The summed E-state index contributed by atoms with van der Waals surface area (Å²) in [6.07, 6.45) is 0.598.